The lowest BCUT2D eigenvalue weighted by atomic mass is 10.1. The summed E-state index contributed by atoms with van der Waals surface area (Å²) in [5, 5.41) is 6.59. The second-order valence-electron chi connectivity index (χ2n) is 8.14. The summed E-state index contributed by atoms with van der Waals surface area (Å²) in [6.45, 7) is 3.71. The second-order valence-corrected chi connectivity index (χ2v) is 8.97. The molecule has 0 aliphatic rings. The van der Waals surface area contributed by atoms with Crippen molar-refractivity contribution >= 4 is 22.7 Å². The summed E-state index contributed by atoms with van der Waals surface area (Å²) in [5.41, 5.74) is 4.00. The minimum absolute atomic E-state index is 0.247. The van der Waals surface area contributed by atoms with Crippen molar-refractivity contribution in [3.8, 4) is 16.9 Å². The van der Waals surface area contributed by atoms with Crippen LogP contribution in [0.2, 0.25) is 0 Å². The van der Waals surface area contributed by atoms with Crippen molar-refractivity contribution in [2.24, 2.45) is 17.1 Å². The predicted molar refractivity (Wildman–Crippen MR) is 141 cm³/mol. The molecule has 0 saturated heterocycles. The Labute approximate surface area is 210 Å². The fraction of sp³-hybridized carbons (Fsp3) is 0.111. The highest BCUT2D eigenvalue weighted by Gasteiger charge is 2.18. The topological polar surface area (TPSA) is 69.5 Å². The summed E-state index contributed by atoms with van der Waals surface area (Å²) < 4.78 is 19.7. The van der Waals surface area contributed by atoms with E-state index in [1.54, 1.807) is 50.0 Å². The summed E-state index contributed by atoms with van der Waals surface area (Å²) in [6, 6.07) is 19.6. The molecule has 9 heteroatoms. The van der Waals surface area contributed by atoms with E-state index in [4.69, 9.17) is 10.1 Å². The number of aromatic nitrogens is 4. The van der Waals surface area contributed by atoms with Crippen molar-refractivity contribution in [3.05, 3.63) is 117 Å². The van der Waals surface area contributed by atoms with E-state index in [1.807, 2.05) is 63.4 Å². The molecular formula is C27H23FN6OS. The maximum atomic E-state index is 14.8. The molecule has 0 fully saturated rings. The summed E-state index contributed by atoms with van der Waals surface area (Å²) in [7, 11) is 1.82. The van der Waals surface area contributed by atoms with Crippen molar-refractivity contribution in [2.75, 3.05) is 0 Å². The molecule has 0 atom stereocenters. The Morgan fingerprint density at radius 2 is 1.69 bits per heavy atom. The fourth-order valence-electron chi connectivity index (χ4n) is 3.91. The van der Waals surface area contributed by atoms with Crippen molar-refractivity contribution in [3.63, 3.8) is 0 Å². The number of thiazole rings is 1. The highest BCUT2D eigenvalue weighted by Crippen LogP contribution is 2.24. The van der Waals surface area contributed by atoms with Gasteiger partial charge < -0.3 is 0 Å². The van der Waals surface area contributed by atoms with Gasteiger partial charge in [0, 0.05) is 35.9 Å². The molecule has 0 aliphatic carbocycles. The number of nitrogens with zero attached hydrogens (tertiary/aromatic N) is 6. The minimum atomic E-state index is -0.366. The molecule has 36 heavy (non-hydrogen) atoms. The quantitative estimate of drug-likeness (QED) is 0.318. The number of hydrogen-bond donors (Lipinski definition) is 0. The van der Waals surface area contributed by atoms with Crippen molar-refractivity contribution in [1.29, 1.82) is 0 Å². The predicted octanol–water partition coefficient (Wildman–Crippen LogP) is 5.05. The van der Waals surface area contributed by atoms with Crippen LogP contribution < -0.4 is 10.4 Å². The zero-order valence-electron chi connectivity index (χ0n) is 20.0. The van der Waals surface area contributed by atoms with Crippen LogP contribution >= 0.6 is 11.3 Å². The molecule has 0 bridgehead atoms. The molecule has 3 heterocycles. The van der Waals surface area contributed by atoms with Gasteiger partial charge in [0.2, 0.25) is 4.80 Å². The van der Waals surface area contributed by atoms with Gasteiger partial charge in [0.1, 0.15) is 5.82 Å². The number of benzene rings is 2. The highest BCUT2D eigenvalue weighted by atomic mass is 32.1. The molecule has 0 unspecified atom stereocenters. The third kappa shape index (κ3) is 4.25. The van der Waals surface area contributed by atoms with E-state index in [0.29, 0.717) is 33.2 Å². The summed E-state index contributed by atoms with van der Waals surface area (Å²) in [4.78, 5) is 22.7. The van der Waals surface area contributed by atoms with Crippen LogP contribution in [-0.2, 0) is 7.05 Å². The van der Waals surface area contributed by atoms with Gasteiger partial charge in [-0.3, -0.25) is 14.5 Å². The third-order valence-electron chi connectivity index (χ3n) is 5.91. The van der Waals surface area contributed by atoms with Crippen molar-refractivity contribution < 1.29 is 4.39 Å². The van der Waals surface area contributed by atoms with Gasteiger partial charge in [-0.25, -0.2) is 18.7 Å². The molecule has 0 N–H and O–H groups in total. The third-order valence-corrected chi connectivity index (χ3v) is 6.73. The SMILES string of the molecule is CC(=Nn1c(-c2ccccc2F)csc1=Nc1c(C)n(C)n(-c2ccccc2)c1=O)c1ccncc1. The Morgan fingerprint density at radius 3 is 2.42 bits per heavy atom. The molecule has 0 saturated carbocycles. The molecule has 3 aromatic heterocycles. The average Bonchev–Trinajstić information content (AvgIpc) is 3.38. The van der Waals surface area contributed by atoms with E-state index in [-0.39, 0.29) is 11.4 Å². The molecule has 0 spiro atoms. The van der Waals surface area contributed by atoms with E-state index in [2.05, 4.69) is 4.98 Å². The highest BCUT2D eigenvalue weighted by molar-refractivity contribution is 7.07. The van der Waals surface area contributed by atoms with Crippen LogP contribution in [0.5, 0.6) is 0 Å². The Kier molecular flexibility index (Phi) is 6.30. The summed E-state index contributed by atoms with van der Waals surface area (Å²) in [5.74, 6) is -0.366. The first-order valence-electron chi connectivity index (χ1n) is 11.3. The summed E-state index contributed by atoms with van der Waals surface area (Å²) in [6.07, 6.45) is 3.38. The Bertz CT molecular complexity index is 1690. The maximum absolute atomic E-state index is 14.8. The van der Waals surface area contributed by atoms with Gasteiger partial charge in [-0.15, -0.1) is 11.3 Å². The Balaban J connectivity index is 1.75. The van der Waals surface area contributed by atoms with Gasteiger partial charge in [-0.1, -0.05) is 30.3 Å². The Hall–Kier alpha value is -4.37. The lowest BCUT2D eigenvalue weighted by Gasteiger charge is -2.07. The fourth-order valence-corrected chi connectivity index (χ4v) is 4.73. The molecule has 180 valence electrons. The van der Waals surface area contributed by atoms with Crippen LogP contribution in [0, 0.1) is 12.7 Å². The van der Waals surface area contributed by atoms with Gasteiger partial charge in [-0.2, -0.15) is 5.10 Å². The molecule has 5 aromatic rings. The van der Waals surface area contributed by atoms with Gasteiger partial charge >= 0.3 is 0 Å². The lowest BCUT2D eigenvalue weighted by Crippen LogP contribution is -2.20. The van der Waals surface area contributed by atoms with Crippen LogP contribution in [0.3, 0.4) is 0 Å². The van der Waals surface area contributed by atoms with Crippen LogP contribution in [0.1, 0.15) is 18.2 Å². The van der Waals surface area contributed by atoms with E-state index in [9.17, 15) is 9.18 Å². The number of hydrogen-bond acceptors (Lipinski definition) is 5. The van der Waals surface area contributed by atoms with Gasteiger partial charge in [-0.05, 0) is 50.2 Å². The molecule has 0 amide bonds. The van der Waals surface area contributed by atoms with Crippen LogP contribution in [-0.4, -0.2) is 24.7 Å². The van der Waals surface area contributed by atoms with Crippen molar-refractivity contribution in [2.45, 2.75) is 13.8 Å². The van der Waals surface area contributed by atoms with Crippen LogP contribution in [0.15, 0.2) is 99.4 Å². The normalized spacial score (nSPS) is 12.3. The van der Waals surface area contributed by atoms with Crippen molar-refractivity contribution in [1.82, 2.24) is 19.0 Å². The monoisotopic (exact) mass is 498 g/mol. The second kappa shape index (κ2) is 9.71. The van der Waals surface area contributed by atoms with E-state index >= 15 is 0 Å². The van der Waals surface area contributed by atoms with E-state index in [0.717, 1.165) is 11.3 Å². The molecular weight excluding hydrogens is 475 g/mol. The van der Waals surface area contributed by atoms with Gasteiger partial charge in [0.25, 0.3) is 5.56 Å². The molecule has 0 radical (unpaired) electrons. The first kappa shape index (κ1) is 23.4. The van der Waals surface area contributed by atoms with Crippen LogP contribution in [0.25, 0.3) is 16.9 Å². The number of rotatable bonds is 5. The smallest absolute Gasteiger partial charge is 0.283 e. The molecule has 7 nitrogen and oxygen atoms in total. The standard InChI is InChI=1S/C27H23FN6OS/c1-18(20-13-15-29-16-14-20)31-33-24(22-11-7-8-12-23(22)28)17-36-27(33)30-25-19(2)32(3)34(26(25)35)21-9-5-4-6-10-21/h4-17H,1-3H3. The molecule has 0 aliphatic heterocycles. The number of pyridine rings is 1. The zero-order valence-corrected chi connectivity index (χ0v) is 20.8. The lowest BCUT2D eigenvalue weighted by molar-refractivity contribution is 0.629. The number of halogens is 1. The average molecular weight is 499 g/mol. The Morgan fingerprint density at radius 1 is 1.00 bits per heavy atom. The van der Waals surface area contributed by atoms with Crippen LogP contribution in [0.4, 0.5) is 10.1 Å². The minimum Gasteiger partial charge on any atom is -0.283 e. The molecule has 5 rings (SSSR count). The number of para-hydroxylation sites is 1. The maximum Gasteiger partial charge on any atom is 0.297 e. The first-order chi connectivity index (χ1) is 17.5. The first-order valence-corrected chi connectivity index (χ1v) is 12.1. The van der Waals surface area contributed by atoms with E-state index < -0.39 is 0 Å². The van der Waals surface area contributed by atoms with E-state index in [1.165, 1.54) is 17.4 Å². The largest absolute Gasteiger partial charge is 0.297 e. The zero-order chi connectivity index (χ0) is 25.2. The summed E-state index contributed by atoms with van der Waals surface area (Å²) >= 11 is 1.29. The molecule has 2 aromatic carbocycles. The van der Waals surface area contributed by atoms with Gasteiger partial charge in [0.15, 0.2) is 5.69 Å². The van der Waals surface area contributed by atoms with Gasteiger partial charge in [0.05, 0.1) is 22.8 Å².